The molecule has 0 spiro atoms. The summed E-state index contributed by atoms with van der Waals surface area (Å²) in [6.07, 6.45) is -0.462. The summed E-state index contributed by atoms with van der Waals surface area (Å²) in [6.45, 7) is 12.8. The van der Waals surface area contributed by atoms with Crippen molar-refractivity contribution in [2.45, 2.75) is 59.2 Å². The smallest absolute Gasteiger partial charge is 0.408 e. The van der Waals surface area contributed by atoms with Crippen molar-refractivity contribution in [2.24, 2.45) is 10.7 Å². The van der Waals surface area contributed by atoms with Crippen LogP contribution in [0.25, 0.3) is 0 Å². The van der Waals surface area contributed by atoms with Gasteiger partial charge in [0.2, 0.25) is 5.91 Å². The van der Waals surface area contributed by atoms with Crippen LogP contribution in [0.2, 0.25) is 0 Å². The van der Waals surface area contributed by atoms with Crippen molar-refractivity contribution >= 4 is 41.9 Å². The fraction of sp³-hybridized carbons (Fsp3) is 0.550. The monoisotopic (exact) mass is 519 g/mol. The highest BCUT2D eigenvalue weighted by Gasteiger charge is 2.24. The van der Waals surface area contributed by atoms with Crippen LogP contribution in [-0.2, 0) is 11.3 Å². The minimum atomic E-state index is -0.548. The first-order chi connectivity index (χ1) is 12.9. The van der Waals surface area contributed by atoms with Gasteiger partial charge in [0.25, 0.3) is 0 Å². The number of guanidine groups is 1. The molecular weight excluding hydrogens is 485 g/mol. The Kier molecular flexibility index (Phi) is 11.0. The van der Waals surface area contributed by atoms with Gasteiger partial charge in [-0.3, -0.25) is 4.79 Å². The predicted molar refractivity (Wildman–Crippen MR) is 127 cm³/mol. The van der Waals surface area contributed by atoms with Crippen LogP contribution in [0.5, 0.6) is 0 Å². The minimum Gasteiger partial charge on any atom is -0.444 e. The number of rotatable bonds is 7. The van der Waals surface area contributed by atoms with Crippen LogP contribution < -0.4 is 21.7 Å². The predicted octanol–water partition coefficient (Wildman–Crippen LogP) is 2.76. The Balaban J connectivity index is 0.00000784. The van der Waals surface area contributed by atoms with Crippen molar-refractivity contribution in [3.8, 4) is 0 Å². The van der Waals surface area contributed by atoms with E-state index in [1.165, 1.54) is 0 Å². The first-order valence-electron chi connectivity index (χ1n) is 9.34. The standard InChI is InChI=1S/C20H33N5O3.HI/c1-7-22-17(23-12-14-8-10-15(11-9-14)16(21)26)24-13-20(5,6)25-18(27)28-19(2,3)4;/h8-11H,7,12-13H2,1-6H3,(H2,21,26)(H,25,27)(H2,22,23,24);1H. The maximum absolute atomic E-state index is 12.0. The maximum atomic E-state index is 12.0. The van der Waals surface area contributed by atoms with Crippen LogP contribution >= 0.6 is 24.0 Å². The van der Waals surface area contributed by atoms with E-state index in [4.69, 9.17) is 10.5 Å². The summed E-state index contributed by atoms with van der Waals surface area (Å²) in [4.78, 5) is 27.7. The third-order valence-electron chi connectivity index (χ3n) is 3.54. The van der Waals surface area contributed by atoms with Gasteiger partial charge in [-0.2, -0.15) is 0 Å². The van der Waals surface area contributed by atoms with E-state index in [1.807, 2.05) is 53.7 Å². The summed E-state index contributed by atoms with van der Waals surface area (Å²) in [7, 11) is 0. The molecule has 5 N–H and O–H groups in total. The van der Waals surface area contributed by atoms with Crippen molar-refractivity contribution in [3.05, 3.63) is 35.4 Å². The molecule has 0 aliphatic heterocycles. The molecule has 0 saturated heterocycles. The van der Waals surface area contributed by atoms with Crippen LogP contribution in [0.3, 0.4) is 0 Å². The number of carbonyl (C=O) groups is 2. The lowest BCUT2D eigenvalue weighted by molar-refractivity contribution is 0.0473. The van der Waals surface area contributed by atoms with E-state index in [9.17, 15) is 9.59 Å². The number of hydrogen-bond donors (Lipinski definition) is 4. The summed E-state index contributed by atoms with van der Waals surface area (Å²) in [5.41, 5.74) is 5.58. The Bertz CT molecular complexity index is 697. The van der Waals surface area contributed by atoms with Gasteiger partial charge < -0.3 is 26.4 Å². The van der Waals surface area contributed by atoms with Crippen molar-refractivity contribution in [3.63, 3.8) is 0 Å². The van der Waals surface area contributed by atoms with Gasteiger partial charge in [-0.25, -0.2) is 9.79 Å². The Morgan fingerprint density at radius 1 is 1.07 bits per heavy atom. The molecule has 1 aromatic rings. The van der Waals surface area contributed by atoms with Crippen molar-refractivity contribution in [2.75, 3.05) is 13.1 Å². The molecule has 0 heterocycles. The van der Waals surface area contributed by atoms with Gasteiger partial charge in [-0.1, -0.05) is 12.1 Å². The summed E-state index contributed by atoms with van der Waals surface area (Å²) >= 11 is 0. The molecule has 0 radical (unpaired) electrons. The number of carbonyl (C=O) groups excluding carboxylic acids is 2. The topological polar surface area (TPSA) is 118 Å². The van der Waals surface area contributed by atoms with Crippen molar-refractivity contribution < 1.29 is 14.3 Å². The van der Waals surface area contributed by atoms with E-state index in [2.05, 4.69) is 20.9 Å². The van der Waals surface area contributed by atoms with E-state index >= 15 is 0 Å². The average Bonchev–Trinajstić information content (AvgIpc) is 2.55. The second-order valence-corrected chi connectivity index (χ2v) is 8.12. The normalized spacial score (nSPS) is 11.9. The van der Waals surface area contributed by atoms with E-state index in [1.54, 1.807) is 12.1 Å². The fourth-order valence-electron chi connectivity index (χ4n) is 2.22. The molecular formula is C20H34IN5O3. The number of primary amides is 1. The van der Waals surface area contributed by atoms with Crippen LogP contribution in [0.1, 0.15) is 57.5 Å². The second kappa shape index (κ2) is 11.8. The number of alkyl carbamates (subject to hydrolysis) is 1. The third kappa shape index (κ3) is 11.5. The molecule has 164 valence electrons. The summed E-state index contributed by atoms with van der Waals surface area (Å²) in [5, 5.41) is 9.24. The largest absolute Gasteiger partial charge is 0.444 e. The number of nitrogens with one attached hydrogen (secondary N) is 3. The first-order valence-corrected chi connectivity index (χ1v) is 9.34. The Morgan fingerprint density at radius 2 is 1.66 bits per heavy atom. The number of nitrogens with two attached hydrogens (primary N) is 1. The van der Waals surface area contributed by atoms with Gasteiger partial charge in [0.15, 0.2) is 5.96 Å². The highest BCUT2D eigenvalue weighted by Crippen LogP contribution is 2.09. The van der Waals surface area contributed by atoms with Gasteiger partial charge in [0.1, 0.15) is 5.60 Å². The molecule has 0 saturated carbocycles. The summed E-state index contributed by atoms with van der Waals surface area (Å²) in [6, 6.07) is 7.01. The van der Waals surface area contributed by atoms with Gasteiger partial charge in [-0.05, 0) is 59.2 Å². The van der Waals surface area contributed by atoms with Crippen molar-refractivity contribution in [1.82, 2.24) is 16.0 Å². The Labute approximate surface area is 190 Å². The van der Waals surface area contributed by atoms with E-state index in [0.717, 1.165) is 5.56 Å². The van der Waals surface area contributed by atoms with Crippen LogP contribution in [0.15, 0.2) is 29.3 Å². The minimum absolute atomic E-state index is 0. The third-order valence-corrected chi connectivity index (χ3v) is 3.54. The molecule has 1 aromatic carbocycles. The molecule has 0 aliphatic rings. The molecule has 8 nitrogen and oxygen atoms in total. The lowest BCUT2D eigenvalue weighted by Gasteiger charge is -2.29. The Morgan fingerprint density at radius 3 is 2.14 bits per heavy atom. The first kappa shape index (κ1) is 27.0. The fourth-order valence-corrected chi connectivity index (χ4v) is 2.22. The molecule has 0 fully saturated rings. The van der Waals surface area contributed by atoms with Crippen LogP contribution in [0.4, 0.5) is 4.79 Å². The molecule has 0 unspecified atom stereocenters. The number of nitrogens with zero attached hydrogens (tertiary/aromatic N) is 1. The van der Waals surface area contributed by atoms with Crippen LogP contribution in [0, 0.1) is 0 Å². The molecule has 0 bridgehead atoms. The number of hydrogen-bond acceptors (Lipinski definition) is 4. The van der Waals surface area contributed by atoms with Crippen molar-refractivity contribution in [1.29, 1.82) is 0 Å². The van der Waals surface area contributed by atoms with Gasteiger partial charge in [-0.15, -0.1) is 24.0 Å². The van der Waals surface area contributed by atoms with E-state index < -0.39 is 23.1 Å². The molecule has 0 atom stereocenters. The van der Waals surface area contributed by atoms with Gasteiger partial charge in [0.05, 0.1) is 12.1 Å². The molecule has 29 heavy (non-hydrogen) atoms. The maximum Gasteiger partial charge on any atom is 0.408 e. The summed E-state index contributed by atoms with van der Waals surface area (Å²) in [5.74, 6) is 0.172. The number of halogens is 1. The zero-order valence-corrected chi connectivity index (χ0v) is 20.4. The Hall–Kier alpha value is -2.04. The quantitative estimate of drug-likeness (QED) is 0.251. The SMILES string of the molecule is CCNC(=NCc1ccc(C(N)=O)cc1)NCC(C)(C)NC(=O)OC(C)(C)C.I. The highest BCUT2D eigenvalue weighted by atomic mass is 127. The number of benzene rings is 1. The molecule has 0 aliphatic carbocycles. The van der Waals surface area contributed by atoms with E-state index in [0.29, 0.717) is 31.2 Å². The second-order valence-electron chi connectivity index (χ2n) is 8.12. The molecule has 9 heteroatoms. The number of amides is 2. The average molecular weight is 519 g/mol. The van der Waals surface area contributed by atoms with Gasteiger partial charge in [0, 0.05) is 18.7 Å². The lowest BCUT2D eigenvalue weighted by atomic mass is 10.1. The van der Waals surface area contributed by atoms with E-state index in [-0.39, 0.29) is 24.0 Å². The zero-order valence-electron chi connectivity index (χ0n) is 18.1. The molecule has 2 amide bonds. The number of aliphatic imine (C=N–C) groups is 1. The molecule has 1 rings (SSSR count). The highest BCUT2D eigenvalue weighted by molar-refractivity contribution is 14.0. The van der Waals surface area contributed by atoms with Crippen LogP contribution in [-0.4, -0.2) is 42.2 Å². The molecule has 0 aromatic heterocycles. The number of ether oxygens (including phenoxy) is 1. The van der Waals surface area contributed by atoms with Gasteiger partial charge >= 0.3 is 6.09 Å². The summed E-state index contributed by atoms with van der Waals surface area (Å²) < 4.78 is 5.30. The lowest BCUT2D eigenvalue weighted by Crippen LogP contribution is -2.54. The zero-order chi connectivity index (χ0) is 21.4.